The second kappa shape index (κ2) is 8.37. The smallest absolute Gasteiger partial charge is 0.0707 e. The van der Waals surface area contributed by atoms with Gasteiger partial charge in [-0.3, -0.25) is 0 Å². The van der Waals surface area contributed by atoms with Crippen LogP contribution in [0.15, 0.2) is 30.3 Å². The molecule has 0 amide bonds. The predicted octanol–water partition coefficient (Wildman–Crippen LogP) is 0.841. The van der Waals surface area contributed by atoms with Crippen LogP contribution in [0.1, 0.15) is 18.4 Å². The fraction of sp³-hybridized carbons (Fsp3) is 0.625. The third kappa shape index (κ3) is 4.87. The predicted molar refractivity (Wildman–Crippen MR) is 80.4 cm³/mol. The minimum Gasteiger partial charge on any atom is -0.396 e. The Morgan fingerprint density at radius 3 is 2.75 bits per heavy atom. The van der Waals surface area contributed by atoms with Gasteiger partial charge in [-0.1, -0.05) is 30.3 Å². The molecule has 1 aliphatic rings. The third-order valence-electron chi connectivity index (χ3n) is 4.02. The summed E-state index contributed by atoms with van der Waals surface area (Å²) >= 11 is 0. The third-order valence-corrected chi connectivity index (χ3v) is 4.02. The molecule has 4 heteroatoms. The number of rotatable bonds is 7. The molecule has 1 aromatic carbocycles. The number of β-amino-alcohol motifs (C(OH)–C–C–N with tert-alkyl or cyclic N) is 1. The van der Waals surface area contributed by atoms with Crippen LogP contribution < -0.4 is 5.32 Å². The molecule has 3 N–H and O–H groups in total. The van der Waals surface area contributed by atoms with Crippen molar-refractivity contribution in [2.75, 3.05) is 32.8 Å². The van der Waals surface area contributed by atoms with E-state index in [0.29, 0.717) is 5.92 Å². The first-order chi connectivity index (χ1) is 9.79. The maximum Gasteiger partial charge on any atom is 0.0707 e. The fourth-order valence-corrected chi connectivity index (χ4v) is 2.78. The number of aliphatic hydroxyl groups excluding tert-OH is 2. The molecule has 1 heterocycles. The number of piperidine rings is 1. The van der Waals surface area contributed by atoms with E-state index in [2.05, 4.69) is 22.3 Å². The molecule has 1 aromatic rings. The lowest BCUT2D eigenvalue weighted by atomic mass is 9.93. The topological polar surface area (TPSA) is 55.7 Å². The summed E-state index contributed by atoms with van der Waals surface area (Å²) in [5.41, 5.74) is 1.28. The van der Waals surface area contributed by atoms with Gasteiger partial charge in [-0.2, -0.15) is 0 Å². The molecule has 2 rings (SSSR count). The van der Waals surface area contributed by atoms with Crippen LogP contribution in [0.2, 0.25) is 0 Å². The summed E-state index contributed by atoms with van der Waals surface area (Å²) in [6.45, 7) is 4.60. The van der Waals surface area contributed by atoms with Gasteiger partial charge in [0, 0.05) is 32.8 Å². The number of nitrogens with zero attached hydrogens (tertiary/aromatic N) is 1. The van der Waals surface area contributed by atoms with Crippen LogP contribution >= 0.6 is 0 Å². The summed E-state index contributed by atoms with van der Waals surface area (Å²) in [5, 5.41) is 22.5. The van der Waals surface area contributed by atoms with Gasteiger partial charge in [-0.05, 0) is 30.9 Å². The van der Waals surface area contributed by atoms with Crippen LogP contribution in [0.4, 0.5) is 0 Å². The normalized spacial score (nSPS) is 23.9. The molecule has 0 aliphatic carbocycles. The molecule has 0 saturated carbocycles. The van der Waals surface area contributed by atoms with E-state index in [0.717, 1.165) is 45.6 Å². The molecule has 1 fully saturated rings. The molecule has 0 aromatic heterocycles. The number of aliphatic hydroxyl groups is 2. The molecular weight excluding hydrogens is 252 g/mol. The van der Waals surface area contributed by atoms with E-state index in [9.17, 15) is 5.11 Å². The Morgan fingerprint density at radius 2 is 2.05 bits per heavy atom. The van der Waals surface area contributed by atoms with E-state index in [1.54, 1.807) is 0 Å². The summed E-state index contributed by atoms with van der Waals surface area (Å²) in [6, 6.07) is 10.3. The molecule has 0 radical (unpaired) electrons. The molecule has 112 valence electrons. The van der Waals surface area contributed by atoms with Crippen LogP contribution in [-0.4, -0.2) is 54.0 Å². The molecule has 1 aliphatic heterocycles. The first kappa shape index (κ1) is 15.4. The summed E-state index contributed by atoms with van der Waals surface area (Å²) in [5.74, 6) is 0.337. The van der Waals surface area contributed by atoms with Crippen LogP contribution in [0.3, 0.4) is 0 Å². The zero-order chi connectivity index (χ0) is 14.2. The Kier molecular flexibility index (Phi) is 6.47. The second-order valence-electron chi connectivity index (χ2n) is 5.61. The summed E-state index contributed by atoms with van der Waals surface area (Å²) in [6.07, 6.45) is 1.56. The quantitative estimate of drug-likeness (QED) is 0.692. The summed E-state index contributed by atoms with van der Waals surface area (Å²) in [4.78, 5) is 2.24. The number of hydrogen-bond acceptors (Lipinski definition) is 4. The largest absolute Gasteiger partial charge is 0.396 e. The maximum atomic E-state index is 10.2. The highest BCUT2D eigenvalue weighted by atomic mass is 16.3. The zero-order valence-corrected chi connectivity index (χ0v) is 12.0. The van der Waals surface area contributed by atoms with Gasteiger partial charge >= 0.3 is 0 Å². The lowest BCUT2D eigenvalue weighted by Gasteiger charge is -2.36. The van der Waals surface area contributed by atoms with Gasteiger partial charge in [-0.15, -0.1) is 0 Å². The van der Waals surface area contributed by atoms with Crippen molar-refractivity contribution in [1.82, 2.24) is 10.2 Å². The lowest BCUT2D eigenvalue weighted by molar-refractivity contribution is 0.0200. The Balaban J connectivity index is 1.67. The van der Waals surface area contributed by atoms with Crippen molar-refractivity contribution in [3.63, 3.8) is 0 Å². The molecule has 4 nitrogen and oxygen atoms in total. The first-order valence-electron chi connectivity index (χ1n) is 7.55. The second-order valence-corrected chi connectivity index (χ2v) is 5.61. The Labute approximate surface area is 121 Å². The van der Waals surface area contributed by atoms with Crippen molar-refractivity contribution in [2.24, 2.45) is 5.92 Å². The van der Waals surface area contributed by atoms with Gasteiger partial charge in [0.2, 0.25) is 0 Å². The van der Waals surface area contributed by atoms with Gasteiger partial charge < -0.3 is 20.4 Å². The van der Waals surface area contributed by atoms with E-state index in [1.807, 2.05) is 18.2 Å². The average Bonchev–Trinajstić information content (AvgIpc) is 2.48. The van der Waals surface area contributed by atoms with Crippen molar-refractivity contribution in [2.45, 2.75) is 25.5 Å². The highest BCUT2D eigenvalue weighted by Crippen LogP contribution is 2.17. The monoisotopic (exact) mass is 278 g/mol. The van der Waals surface area contributed by atoms with Gasteiger partial charge in [0.25, 0.3) is 0 Å². The number of nitrogens with one attached hydrogen (secondary N) is 1. The fourth-order valence-electron chi connectivity index (χ4n) is 2.78. The van der Waals surface area contributed by atoms with E-state index in [4.69, 9.17) is 5.11 Å². The number of hydrogen-bond donors (Lipinski definition) is 3. The standard InChI is InChI=1S/C16H26N2O2/c19-10-4-8-18-9-7-15(16(20)13-18)12-17-11-14-5-2-1-3-6-14/h1-3,5-6,15-17,19-20H,4,7-13H2/t15-,16?/m0/s1. The highest BCUT2D eigenvalue weighted by Gasteiger charge is 2.26. The molecule has 0 bridgehead atoms. The minimum atomic E-state index is -0.259. The van der Waals surface area contributed by atoms with Gasteiger partial charge in [0.15, 0.2) is 0 Å². The molecule has 0 spiro atoms. The first-order valence-corrected chi connectivity index (χ1v) is 7.55. The van der Waals surface area contributed by atoms with E-state index in [1.165, 1.54) is 5.56 Å². The average molecular weight is 278 g/mol. The molecular formula is C16H26N2O2. The summed E-state index contributed by atoms with van der Waals surface area (Å²) in [7, 11) is 0. The van der Waals surface area contributed by atoms with Crippen molar-refractivity contribution in [3.05, 3.63) is 35.9 Å². The Bertz CT molecular complexity index is 372. The van der Waals surface area contributed by atoms with Crippen molar-refractivity contribution in [3.8, 4) is 0 Å². The van der Waals surface area contributed by atoms with E-state index in [-0.39, 0.29) is 12.7 Å². The van der Waals surface area contributed by atoms with E-state index >= 15 is 0 Å². The van der Waals surface area contributed by atoms with Gasteiger partial charge in [0.1, 0.15) is 0 Å². The van der Waals surface area contributed by atoms with Crippen molar-refractivity contribution >= 4 is 0 Å². The molecule has 1 saturated heterocycles. The van der Waals surface area contributed by atoms with Crippen LogP contribution in [0.25, 0.3) is 0 Å². The lowest BCUT2D eigenvalue weighted by Crippen LogP contribution is -2.47. The summed E-state index contributed by atoms with van der Waals surface area (Å²) < 4.78 is 0. The minimum absolute atomic E-state index is 0.231. The van der Waals surface area contributed by atoms with Crippen LogP contribution in [0.5, 0.6) is 0 Å². The SMILES string of the molecule is OCCCN1CC[C@@H](CNCc2ccccc2)C(O)C1. The zero-order valence-electron chi connectivity index (χ0n) is 12.0. The molecule has 2 atom stereocenters. The Hall–Kier alpha value is -0.940. The molecule has 20 heavy (non-hydrogen) atoms. The van der Waals surface area contributed by atoms with Gasteiger partial charge in [0.05, 0.1) is 6.10 Å². The van der Waals surface area contributed by atoms with Crippen molar-refractivity contribution < 1.29 is 10.2 Å². The number of likely N-dealkylation sites (tertiary alicyclic amines) is 1. The van der Waals surface area contributed by atoms with Crippen LogP contribution in [-0.2, 0) is 6.54 Å². The maximum absolute atomic E-state index is 10.2. The highest BCUT2D eigenvalue weighted by molar-refractivity contribution is 5.14. The van der Waals surface area contributed by atoms with E-state index < -0.39 is 0 Å². The van der Waals surface area contributed by atoms with Crippen LogP contribution in [0, 0.1) is 5.92 Å². The Morgan fingerprint density at radius 1 is 1.25 bits per heavy atom. The molecule has 1 unspecified atom stereocenters. The number of benzene rings is 1. The van der Waals surface area contributed by atoms with Crippen molar-refractivity contribution in [1.29, 1.82) is 0 Å². The van der Waals surface area contributed by atoms with Gasteiger partial charge in [-0.25, -0.2) is 0 Å².